The average Bonchev–Trinajstić information content (AvgIpc) is 3.58. The van der Waals surface area contributed by atoms with Gasteiger partial charge in [-0.05, 0) is 30.7 Å². The Kier molecular flexibility index (Phi) is 6.76. The van der Waals surface area contributed by atoms with Crippen molar-refractivity contribution in [3.8, 4) is 28.8 Å². The molecule has 2 atom stereocenters. The summed E-state index contributed by atoms with van der Waals surface area (Å²) in [6.45, 7) is 0.201. The standard InChI is InChI=1S/C23H23FN6O6S/c1-33-16-5-3-6-17(34-2)20(16)30-22(18-7-4-9-36-18)27-28-23(30)29-37(31,32)19-13-35-10-8-15(19)21-25-11-14(24)12-26-21/h3-7,9,11-12,15,19H,8,10,13H2,1-2H3,(H,28,29)/t15-,19-/m1/s1. The third kappa shape index (κ3) is 4.72. The van der Waals surface area contributed by atoms with E-state index >= 15 is 0 Å². The van der Waals surface area contributed by atoms with Crippen LogP contribution in [0.3, 0.4) is 0 Å². The molecule has 0 saturated carbocycles. The van der Waals surface area contributed by atoms with E-state index in [1.807, 2.05) is 0 Å². The molecule has 12 nitrogen and oxygen atoms in total. The first-order valence-electron chi connectivity index (χ1n) is 11.2. The summed E-state index contributed by atoms with van der Waals surface area (Å²) in [6.07, 6.45) is 3.82. The van der Waals surface area contributed by atoms with E-state index in [-0.39, 0.29) is 24.2 Å². The van der Waals surface area contributed by atoms with Crippen LogP contribution in [-0.4, -0.2) is 65.8 Å². The maximum absolute atomic E-state index is 13.7. The molecular weight excluding hydrogens is 507 g/mol. The second-order valence-electron chi connectivity index (χ2n) is 8.09. The number of rotatable bonds is 8. The van der Waals surface area contributed by atoms with E-state index in [1.54, 1.807) is 30.3 Å². The van der Waals surface area contributed by atoms with Gasteiger partial charge in [0.2, 0.25) is 21.8 Å². The Morgan fingerprint density at radius 2 is 1.81 bits per heavy atom. The Bertz CT molecular complexity index is 1450. The highest BCUT2D eigenvalue weighted by atomic mass is 32.2. The van der Waals surface area contributed by atoms with Crippen LogP contribution in [0.4, 0.5) is 10.3 Å². The first-order valence-corrected chi connectivity index (χ1v) is 12.7. The number of benzene rings is 1. The van der Waals surface area contributed by atoms with Crippen LogP contribution < -0.4 is 14.2 Å². The maximum Gasteiger partial charge on any atom is 0.243 e. The van der Waals surface area contributed by atoms with Gasteiger partial charge >= 0.3 is 0 Å². The van der Waals surface area contributed by atoms with Crippen molar-refractivity contribution >= 4 is 16.0 Å². The highest BCUT2D eigenvalue weighted by Gasteiger charge is 2.40. The fourth-order valence-electron chi connectivity index (χ4n) is 4.21. The van der Waals surface area contributed by atoms with Gasteiger partial charge < -0.3 is 18.6 Å². The molecule has 4 aromatic rings. The monoisotopic (exact) mass is 530 g/mol. The van der Waals surface area contributed by atoms with Crippen molar-refractivity contribution in [2.75, 3.05) is 32.2 Å². The van der Waals surface area contributed by atoms with Crippen molar-refractivity contribution < 1.29 is 31.4 Å². The van der Waals surface area contributed by atoms with E-state index in [2.05, 4.69) is 24.9 Å². The topological polar surface area (TPSA) is 143 Å². The van der Waals surface area contributed by atoms with Crippen molar-refractivity contribution in [3.63, 3.8) is 0 Å². The molecule has 194 valence electrons. The predicted octanol–water partition coefficient (Wildman–Crippen LogP) is 2.79. The molecule has 4 heterocycles. The summed E-state index contributed by atoms with van der Waals surface area (Å²) < 4.78 is 66.9. The van der Waals surface area contributed by atoms with E-state index in [1.165, 1.54) is 25.0 Å². The van der Waals surface area contributed by atoms with Gasteiger partial charge in [-0.15, -0.1) is 10.2 Å². The van der Waals surface area contributed by atoms with Gasteiger partial charge in [-0.2, -0.15) is 0 Å². The second kappa shape index (κ2) is 10.1. The third-order valence-corrected chi connectivity index (χ3v) is 7.67. The third-order valence-electron chi connectivity index (χ3n) is 5.94. The number of hydrogen-bond acceptors (Lipinski definition) is 10. The second-order valence-corrected chi connectivity index (χ2v) is 9.99. The lowest BCUT2D eigenvalue weighted by Crippen LogP contribution is -2.41. The lowest BCUT2D eigenvalue weighted by molar-refractivity contribution is 0.0863. The number of halogens is 1. The van der Waals surface area contributed by atoms with E-state index in [0.29, 0.717) is 36.0 Å². The zero-order valence-corrected chi connectivity index (χ0v) is 20.7. The molecule has 1 N–H and O–H groups in total. The molecule has 0 radical (unpaired) electrons. The van der Waals surface area contributed by atoms with Gasteiger partial charge in [-0.1, -0.05) is 6.07 Å². The molecule has 0 unspecified atom stereocenters. The molecule has 1 aliphatic rings. The van der Waals surface area contributed by atoms with Crippen LogP contribution in [0.5, 0.6) is 11.5 Å². The van der Waals surface area contributed by atoms with Gasteiger partial charge in [0.1, 0.15) is 28.3 Å². The Morgan fingerprint density at radius 3 is 2.46 bits per heavy atom. The summed E-state index contributed by atoms with van der Waals surface area (Å²) in [4.78, 5) is 8.02. The lowest BCUT2D eigenvalue weighted by Gasteiger charge is -2.30. The van der Waals surface area contributed by atoms with Gasteiger partial charge in [-0.3, -0.25) is 9.29 Å². The molecule has 1 aromatic carbocycles. The van der Waals surface area contributed by atoms with Gasteiger partial charge in [0, 0.05) is 12.5 Å². The number of anilines is 1. The summed E-state index contributed by atoms with van der Waals surface area (Å²) in [5, 5.41) is 7.22. The number of furan rings is 1. The van der Waals surface area contributed by atoms with Crippen molar-refractivity contribution in [1.82, 2.24) is 24.7 Å². The molecule has 1 aliphatic heterocycles. The van der Waals surface area contributed by atoms with E-state index in [4.69, 9.17) is 18.6 Å². The van der Waals surface area contributed by atoms with Gasteiger partial charge in [0.05, 0.1) is 39.5 Å². The molecule has 0 amide bonds. The fraction of sp³-hybridized carbons (Fsp3) is 0.304. The first kappa shape index (κ1) is 24.6. The number of nitrogens with zero attached hydrogens (tertiary/aromatic N) is 5. The molecule has 0 spiro atoms. The number of methoxy groups -OCH3 is 2. The van der Waals surface area contributed by atoms with E-state index in [0.717, 1.165) is 12.4 Å². The Labute approximate surface area is 211 Å². The van der Waals surface area contributed by atoms with Gasteiger partial charge in [0.25, 0.3) is 0 Å². The minimum Gasteiger partial charge on any atom is -0.494 e. The number of aromatic nitrogens is 5. The summed E-state index contributed by atoms with van der Waals surface area (Å²) in [5.41, 5.74) is 0.361. The molecule has 0 bridgehead atoms. The lowest BCUT2D eigenvalue weighted by atomic mass is 9.99. The SMILES string of the molecule is COc1cccc(OC)c1-n1c(NS(=O)(=O)[C@@H]2COCC[C@H]2c2ncc(F)cn2)nnc1-c1ccco1. The Morgan fingerprint density at radius 1 is 1.08 bits per heavy atom. The van der Waals surface area contributed by atoms with Crippen LogP contribution in [0.2, 0.25) is 0 Å². The molecular formula is C23H23FN6O6S. The first-order chi connectivity index (χ1) is 17.9. The zero-order valence-electron chi connectivity index (χ0n) is 19.9. The minimum atomic E-state index is -4.15. The molecule has 0 aliphatic carbocycles. The van der Waals surface area contributed by atoms with Crippen LogP contribution in [0.25, 0.3) is 17.3 Å². The largest absolute Gasteiger partial charge is 0.494 e. The zero-order chi connectivity index (χ0) is 26.0. The fourth-order valence-corrected chi connectivity index (χ4v) is 5.71. The highest BCUT2D eigenvalue weighted by molar-refractivity contribution is 7.93. The predicted molar refractivity (Wildman–Crippen MR) is 129 cm³/mol. The van der Waals surface area contributed by atoms with Crippen LogP contribution in [0.15, 0.2) is 53.4 Å². The minimum absolute atomic E-state index is 0.113. The van der Waals surface area contributed by atoms with E-state index in [9.17, 15) is 12.8 Å². The van der Waals surface area contributed by atoms with Gasteiger partial charge in [0.15, 0.2) is 11.6 Å². The molecule has 1 saturated heterocycles. The quantitative estimate of drug-likeness (QED) is 0.361. The van der Waals surface area contributed by atoms with Crippen LogP contribution in [0.1, 0.15) is 18.2 Å². The van der Waals surface area contributed by atoms with E-state index < -0.39 is 27.0 Å². The number of nitrogens with one attached hydrogen (secondary N) is 1. The number of ether oxygens (including phenoxy) is 3. The molecule has 5 rings (SSSR count). The Hall–Kier alpha value is -4.04. The number of para-hydroxylation sites is 1. The summed E-state index contributed by atoms with van der Waals surface area (Å²) in [6, 6.07) is 8.45. The van der Waals surface area contributed by atoms with Crippen molar-refractivity contribution in [1.29, 1.82) is 0 Å². The van der Waals surface area contributed by atoms with Crippen molar-refractivity contribution in [3.05, 3.63) is 60.6 Å². The smallest absolute Gasteiger partial charge is 0.243 e. The molecule has 14 heteroatoms. The normalized spacial score (nSPS) is 17.9. The van der Waals surface area contributed by atoms with Crippen LogP contribution >= 0.6 is 0 Å². The van der Waals surface area contributed by atoms with Crippen molar-refractivity contribution in [2.45, 2.75) is 17.6 Å². The molecule has 3 aromatic heterocycles. The van der Waals surface area contributed by atoms with Crippen LogP contribution in [-0.2, 0) is 14.8 Å². The number of sulfonamides is 1. The number of hydrogen-bond donors (Lipinski definition) is 1. The average molecular weight is 531 g/mol. The molecule has 37 heavy (non-hydrogen) atoms. The Balaban J connectivity index is 1.60. The van der Waals surface area contributed by atoms with Gasteiger partial charge in [-0.25, -0.2) is 22.8 Å². The summed E-state index contributed by atoms with van der Waals surface area (Å²) >= 11 is 0. The van der Waals surface area contributed by atoms with Crippen molar-refractivity contribution in [2.24, 2.45) is 0 Å². The maximum atomic E-state index is 13.7. The molecule has 1 fully saturated rings. The summed E-state index contributed by atoms with van der Waals surface area (Å²) in [7, 11) is -1.20. The highest BCUT2D eigenvalue weighted by Crippen LogP contribution is 2.38. The summed E-state index contributed by atoms with van der Waals surface area (Å²) in [5.74, 6) is 0.152. The van der Waals surface area contributed by atoms with Crippen LogP contribution in [0, 0.1) is 5.82 Å².